The molecule has 0 atom stereocenters. The molecule has 8 heteroatoms. The first-order valence-electron chi connectivity index (χ1n) is 5.88. The number of thioether (sulfide) groups is 1. The zero-order valence-corrected chi connectivity index (χ0v) is 11.3. The molecule has 0 bridgehead atoms. The van der Waals surface area contributed by atoms with Crippen LogP contribution in [0, 0.1) is 0 Å². The highest BCUT2D eigenvalue weighted by atomic mass is 32.2. The maximum atomic E-state index is 12.6. The van der Waals surface area contributed by atoms with Crippen molar-refractivity contribution in [2.24, 2.45) is 0 Å². The molecule has 2 aromatic heterocycles. The maximum Gasteiger partial charge on any atom is 0.416 e. The van der Waals surface area contributed by atoms with Gasteiger partial charge in [-0.05, 0) is 18.2 Å². The van der Waals surface area contributed by atoms with Gasteiger partial charge in [-0.15, -0.1) is 0 Å². The molecule has 0 amide bonds. The van der Waals surface area contributed by atoms with Crippen LogP contribution >= 0.6 is 11.8 Å². The molecule has 0 saturated heterocycles. The molecule has 0 aliphatic rings. The highest BCUT2D eigenvalue weighted by Gasteiger charge is 2.31. The first-order valence-corrected chi connectivity index (χ1v) is 6.86. The van der Waals surface area contributed by atoms with E-state index in [9.17, 15) is 13.2 Å². The fourth-order valence-corrected chi connectivity index (χ4v) is 2.37. The molecule has 0 unspecified atom stereocenters. The predicted octanol–water partition coefficient (Wildman–Crippen LogP) is 3.93. The van der Waals surface area contributed by atoms with Crippen LogP contribution in [0.1, 0.15) is 11.5 Å². The minimum atomic E-state index is -4.39. The number of oxazole rings is 1. The van der Waals surface area contributed by atoms with Crippen LogP contribution in [-0.4, -0.2) is 15.0 Å². The van der Waals surface area contributed by atoms with Crippen LogP contribution in [0.5, 0.6) is 0 Å². The summed E-state index contributed by atoms with van der Waals surface area (Å²) in [5.74, 6) is 0.717. The van der Waals surface area contributed by atoms with Gasteiger partial charge in [0.15, 0.2) is 5.58 Å². The van der Waals surface area contributed by atoms with E-state index in [2.05, 4.69) is 15.0 Å². The third kappa shape index (κ3) is 3.15. The summed E-state index contributed by atoms with van der Waals surface area (Å²) in [4.78, 5) is 12.1. The van der Waals surface area contributed by atoms with Crippen molar-refractivity contribution in [2.75, 3.05) is 0 Å². The third-order valence-electron chi connectivity index (χ3n) is 2.64. The second kappa shape index (κ2) is 5.36. The lowest BCUT2D eigenvalue weighted by molar-refractivity contribution is -0.137. The van der Waals surface area contributed by atoms with Crippen LogP contribution in [-0.2, 0) is 11.9 Å². The summed E-state index contributed by atoms with van der Waals surface area (Å²) in [5.41, 5.74) is -0.214. The number of aromatic nitrogens is 3. The van der Waals surface area contributed by atoms with Crippen molar-refractivity contribution in [1.82, 2.24) is 15.0 Å². The minimum Gasteiger partial charge on any atom is -0.440 e. The smallest absolute Gasteiger partial charge is 0.416 e. The standard InChI is InChI=1S/C13H8F3N3OS/c14-13(15,16)8-1-2-10-9(5-8)19-11(20-10)7-21-12-6-17-3-4-18-12/h1-6H,7H2. The van der Waals surface area contributed by atoms with Crippen molar-refractivity contribution in [2.45, 2.75) is 17.0 Å². The highest BCUT2D eigenvalue weighted by Crippen LogP contribution is 2.32. The van der Waals surface area contributed by atoms with Crippen molar-refractivity contribution in [3.8, 4) is 0 Å². The first kappa shape index (κ1) is 13.9. The van der Waals surface area contributed by atoms with E-state index in [-0.39, 0.29) is 5.52 Å². The lowest BCUT2D eigenvalue weighted by Gasteiger charge is -2.04. The van der Waals surface area contributed by atoms with Crippen molar-refractivity contribution < 1.29 is 17.6 Å². The van der Waals surface area contributed by atoms with Crippen LogP contribution in [0.2, 0.25) is 0 Å². The molecule has 0 aliphatic heterocycles. The molecule has 3 rings (SSSR count). The Hall–Kier alpha value is -2.09. The normalized spacial score (nSPS) is 12.0. The molecule has 21 heavy (non-hydrogen) atoms. The van der Waals surface area contributed by atoms with E-state index in [0.29, 0.717) is 22.3 Å². The van der Waals surface area contributed by atoms with Crippen molar-refractivity contribution in [3.05, 3.63) is 48.2 Å². The van der Waals surface area contributed by atoms with Crippen molar-refractivity contribution in [3.63, 3.8) is 0 Å². The summed E-state index contributed by atoms with van der Waals surface area (Å²) in [6.45, 7) is 0. The van der Waals surface area contributed by atoms with Gasteiger partial charge in [0.1, 0.15) is 10.5 Å². The number of nitrogens with zero attached hydrogens (tertiary/aromatic N) is 3. The van der Waals surface area contributed by atoms with Gasteiger partial charge in [0, 0.05) is 12.4 Å². The number of hydrogen-bond donors (Lipinski definition) is 0. The fraction of sp³-hybridized carbons (Fsp3) is 0.154. The van der Waals surface area contributed by atoms with E-state index in [1.807, 2.05) is 0 Å². The van der Waals surface area contributed by atoms with E-state index >= 15 is 0 Å². The highest BCUT2D eigenvalue weighted by molar-refractivity contribution is 7.98. The van der Waals surface area contributed by atoms with Gasteiger partial charge in [-0.1, -0.05) is 11.8 Å². The Kier molecular flexibility index (Phi) is 3.54. The number of hydrogen-bond acceptors (Lipinski definition) is 5. The number of fused-ring (bicyclic) bond motifs is 1. The van der Waals surface area contributed by atoms with Gasteiger partial charge in [-0.3, -0.25) is 4.98 Å². The Labute approximate surface area is 121 Å². The molecule has 2 heterocycles. The molecule has 3 aromatic rings. The Morgan fingerprint density at radius 1 is 1.19 bits per heavy atom. The van der Waals surface area contributed by atoms with Crippen molar-refractivity contribution in [1.29, 1.82) is 0 Å². The number of rotatable bonds is 3. The Balaban J connectivity index is 1.81. The Bertz CT molecular complexity index is 758. The third-order valence-corrected chi connectivity index (χ3v) is 3.54. The maximum absolute atomic E-state index is 12.6. The summed E-state index contributed by atoms with van der Waals surface area (Å²) in [7, 11) is 0. The monoisotopic (exact) mass is 311 g/mol. The lowest BCUT2D eigenvalue weighted by atomic mass is 10.2. The molecule has 0 fully saturated rings. The van der Waals surface area contributed by atoms with Gasteiger partial charge < -0.3 is 4.42 Å². The molecule has 0 spiro atoms. The second-order valence-electron chi connectivity index (χ2n) is 4.12. The quantitative estimate of drug-likeness (QED) is 0.686. The van der Waals surface area contributed by atoms with Crippen LogP contribution < -0.4 is 0 Å². The summed E-state index contributed by atoms with van der Waals surface area (Å²) >= 11 is 1.35. The van der Waals surface area contributed by atoms with Crippen LogP contribution in [0.15, 0.2) is 46.2 Å². The summed E-state index contributed by atoms with van der Waals surface area (Å²) in [5, 5.41) is 0.690. The van der Waals surface area contributed by atoms with Gasteiger partial charge in [0.2, 0.25) is 5.89 Å². The average molecular weight is 311 g/mol. The molecule has 0 saturated carbocycles. The summed E-state index contributed by atoms with van der Waals surface area (Å²) in [6, 6.07) is 3.24. The largest absolute Gasteiger partial charge is 0.440 e. The van der Waals surface area contributed by atoms with Crippen LogP contribution in [0.3, 0.4) is 0 Å². The van der Waals surface area contributed by atoms with Gasteiger partial charge >= 0.3 is 6.18 Å². The van der Waals surface area contributed by atoms with Gasteiger partial charge in [-0.2, -0.15) is 13.2 Å². The van der Waals surface area contributed by atoms with E-state index in [1.165, 1.54) is 17.8 Å². The van der Waals surface area contributed by atoms with Crippen molar-refractivity contribution >= 4 is 22.9 Å². The molecule has 4 nitrogen and oxygen atoms in total. The number of benzene rings is 1. The van der Waals surface area contributed by atoms with E-state index < -0.39 is 11.7 Å². The zero-order chi connectivity index (χ0) is 14.9. The molecular formula is C13H8F3N3OS. The molecule has 0 N–H and O–H groups in total. The summed E-state index contributed by atoms with van der Waals surface area (Å²) < 4.78 is 43.3. The lowest BCUT2D eigenvalue weighted by Crippen LogP contribution is -2.03. The number of alkyl halides is 3. The average Bonchev–Trinajstić information content (AvgIpc) is 2.87. The van der Waals surface area contributed by atoms with E-state index in [4.69, 9.17) is 4.42 Å². The topological polar surface area (TPSA) is 51.8 Å². The second-order valence-corrected chi connectivity index (χ2v) is 5.12. The molecule has 0 aliphatic carbocycles. The molecular weight excluding hydrogens is 303 g/mol. The Morgan fingerprint density at radius 2 is 2.05 bits per heavy atom. The van der Waals surface area contributed by atoms with Gasteiger partial charge in [-0.25, -0.2) is 9.97 Å². The molecule has 0 radical (unpaired) electrons. The fourth-order valence-electron chi connectivity index (χ4n) is 1.71. The van der Waals surface area contributed by atoms with Crippen LogP contribution in [0.4, 0.5) is 13.2 Å². The van der Waals surface area contributed by atoms with Gasteiger partial charge in [0.25, 0.3) is 0 Å². The predicted molar refractivity (Wildman–Crippen MR) is 70.6 cm³/mol. The minimum absolute atomic E-state index is 0.194. The first-order chi connectivity index (χ1) is 10.0. The van der Waals surface area contributed by atoms with Crippen LogP contribution in [0.25, 0.3) is 11.1 Å². The Morgan fingerprint density at radius 3 is 2.76 bits per heavy atom. The van der Waals surface area contributed by atoms with E-state index in [0.717, 1.165) is 12.1 Å². The van der Waals surface area contributed by atoms with E-state index in [1.54, 1.807) is 18.6 Å². The number of halogens is 3. The molecule has 108 valence electrons. The summed E-state index contributed by atoms with van der Waals surface area (Å²) in [6.07, 6.45) is 0.322. The zero-order valence-electron chi connectivity index (χ0n) is 10.5. The molecule has 1 aromatic carbocycles. The SMILES string of the molecule is FC(F)(F)c1ccc2oc(CSc3cnccn3)nc2c1. The van der Waals surface area contributed by atoms with Gasteiger partial charge in [0.05, 0.1) is 17.5 Å².